The lowest BCUT2D eigenvalue weighted by molar-refractivity contribution is -0.384. The van der Waals surface area contributed by atoms with Gasteiger partial charge in [0.1, 0.15) is 11.5 Å². The Balaban J connectivity index is 1.24. The van der Waals surface area contributed by atoms with Gasteiger partial charge in [0, 0.05) is 36.7 Å². The molecule has 2 saturated heterocycles. The second-order valence-corrected chi connectivity index (χ2v) is 9.00. The first-order chi connectivity index (χ1) is 16.2. The predicted molar refractivity (Wildman–Crippen MR) is 126 cm³/mol. The Morgan fingerprint density at radius 2 is 1.76 bits per heavy atom. The van der Waals surface area contributed by atoms with Crippen molar-refractivity contribution >= 4 is 33.6 Å². The van der Waals surface area contributed by atoms with Crippen molar-refractivity contribution in [2.45, 2.75) is 38.1 Å². The van der Waals surface area contributed by atoms with Gasteiger partial charge in [-0.05, 0) is 57.0 Å². The van der Waals surface area contributed by atoms with Gasteiger partial charge in [0.25, 0.3) is 5.69 Å². The number of non-ortho nitro benzene ring substituents is 1. The van der Waals surface area contributed by atoms with Crippen LogP contribution in [0.2, 0.25) is 0 Å². The van der Waals surface area contributed by atoms with E-state index in [9.17, 15) is 10.1 Å². The number of likely N-dealkylation sites (tertiary alicyclic amines) is 1. The van der Waals surface area contributed by atoms with E-state index in [1.807, 2.05) is 12.1 Å². The summed E-state index contributed by atoms with van der Waals surface area (Å²) in [7, 11) is 0. The highest BCUT2D eigenvalue weighted by Crippen LogP contribution is 2.30. The van der Waals surface area contributed by atoms with Gasteiger partial charge in [0.05, 0.1) is 16.0 Å². The molecule has 0 unspecified atom stereocenters. The van der Waals surface area contributed by atoms with E-state index < -0.39 is 4.92 Å². The van der Waals surface area contributed by atoms with Crippen molar-refractivity contribution in [2.75, 3.05) is 31.1 Å². The number of rotatable bonds is 4. The fraction of sp³-hybridized carbons (Fsp3) is 0.435. The van der Waals surface area contributed by atoms with E-state index in [0.29, 0.717) is 28.6 Å². The maximum Gasteiger partial charge on any atom is 0.270 e. The summed E-state index contributed by atoms with van der Waals surface area (Å²) in [6.07, 6.45) is 6.38. The predicted octanol–water partition coefficient (Wildman–Crippen LogP) is 3.86. The number of pyridine rings is 1. The number of imidazole rings is 1. The third kappa shape index (κ3) is 3.70. The highest BCUT2D eigenvalue weighted by Gasteiger charge is 2.26. The minimum Gasteiger partial charge on any atom is -0.356 e. The maximum atomic E-state index is 11.2. The lowest BCUT2D eigenvalue weighted by Crippen LogP contribution is -2.46. The number of nitrogens with one attached hydrogen (secondary N) is 2. The zero-order valence-electron chi connectivity index (χ0n) is 18.3. The van der Waals surface area contributed by atoms with Gasteiger partial charge in [-0.1, -0.05) is 6.42 Å². The van der Waals surface area contributed by atoms with Gasteiger partial charge in [0.15, 0.2) is 11.5 Å². The van der Waals surface area contributed by atoms with Gasteiger partial charge in [-0.25, -0.2) is 9.97 Å². The Bertz CT molecular complexity index is 1310. The Morgan fingerprint density at radius 1 is 0.970 bits per heavy atom. The van der Waals surface area contributed by atoms with Crippen LogP contribution in [0.1, 0.15) is 32.1 Å². The molecule has 1 aromatic carbocycles. The molecule has 0 radical (unpaired) electrons. The van der Waals surface area contributed by atoms with Gasteiger partial charge in [0.2, 0.25) is 0 Å². The highest BCUT2D eigenvalue weighted by atomic mass is 16.6. The molecule has 5 heterocycles. The van der Waals surface area contributed by atoms with Crippen molar-refractivity contribution in [1.82, 2.24) is 30.0 Å². The number of piperidine rings is 2. The standard InChI is InChI=1S/C23H26N8O2/c32-31(33)16-4-5-18-17(14-16)21(28-27-18)23-24-19-6-7-20(25-22(19)26-23)30-12-8-15(9-13-30)29-10-2-1-3-11-29/h4-7,14-15H,1-3,8-13H2,(H,27,28)(H,24,25,26). The van der Waals surface area contributed by atoms with Crippen LogP contribution in [0.25, 0.3) is 33.6 Å². The van der Waals surface area contributed by atoms with Crippen molar-refractivity contribution in [3.8, 4) is 11.5 Å². The molecule has 4 aromatic rings. The number of hydrogen-bond donors (Lipinski definition) is 2. The molecule has 3 aromatic heterocycles. The molecule has 0 atom stereocenters. The molecule has 0 saturated carbocycles. The smallest absolute Gasteiger partial charge is 0.270 e. The van der Waals surface area contributed by atoms with E-state index >= 15 is 0 Å². The Kier molecular flexibility index (Phi) is 4.94. The number of benzene rings is 1. The summed E-state index contributed by atoms with van der Waals surface area (Å²) >= 11 is 0. The average molecular weight is 447 g/mol. The van der Waals surface area contributed by atoms with Crippen LogP contribution in [-0.2, 0) is 0 Å². The van der Waals surface area contributed by atoms with Gasteiger partial charge in [-0.15, -0.1) is 0 Å². The summed E-state index contributed by atoms with van der Waals surface area (Å²) in [5.41, 5.74) is 2.74. The number of hydrogen-bond acceptors (Lipinski definition) is 7. The van der Waals surface area contributed by atoms with E-state index in [1.54, 1.807) is 6.07 Å². The van der Waals surface area contributed by atoms with E-state index in [4.69, 9.17) is 4.98 Å². The molecule has 6 rings (SSSR count). The maximum absolute atomic E-state index is 11.2. The molecule has 0 spiro atoms. The fourth-order valence-corrected chi connectivity index (χ4v) is 5.21. The minimum absolute atomic E-state index is 0.0228. The van der Waals surface area contributed by atoms with E-state index in [1.165, 1.54) is 57.3 Å². The van der Waals surface area contributed by atoms with E-state index in [0.717, 1.165) is 29.9 Å². The number of aromatic amines is 2. The van der Waals surface area contributed by atoms with Gasteiger partial charge in [-0.2, -0.15) is 5.10 Å². The molecule has 2 aliphatic rings. The Morgan fingerprint density at radius 3 is 2.55 bits per heavy atom. The molecule has 170 valence electrons. The van der Waals surface area contributed by atoms with Gasteiger partial charge >= 0.3 is 0 Å². The van der Waals surface area contributed by atoms with Crippen LogP contribution in [0.5, 0.6) is 0 Å². The molecule has 10 nitrogen and oxygen atoms in total. The van der Waals surface area contributed by atoms with Crippen molar-refractivity contribution < 1.29 is 4.92 Å². The molecule has 33 heavy (non-hydrogen) atoms. The summed E-state index contributed by atoms with van der Waals surface area (Å²) in [6.45, 7) is 4.50. The van der Waals surface area contributed by atoms with E-state index in [2.05, 4.69) is 30.0 Å². The number of H-pyrrole nitrogens is 2. The first-order valence-corrected chi connectivity index (χ1v) is 11.6. The summed E-state index contributed by atoms with van der Waals surface area (Å²) in [5, 5.41) is 19.1. The number of anilines is 1. The molecular weight excluding hydrogens is 420 g/mol. The molecule has 2 aliphatic heterocycles. The highest BCUT2D eigenvalue weighted by molar-refractivity contribution is 5.94. The van der Waals surface area contributed by atoms with Crippen molar-refractivity contribution in [3.05, 3.63) is 40.4 Å². The Hall–Kier alpha value is -3.53. The average Bonchev–Trinajstić information content (AvgIpc) is 3.47. The normalized spacial score (nSPS) is 18.4. The zero-order valence-corrected chi connectivity index (χ0v) is 18.3. The number of nitro benzene ring substituents is 1. The molecular formula is C23H26N8O2. The quantitative estimate of drug-likeness (QED) is 0.361. The monoisotopic (exact) mass is 446 g/mol. The van der Waals surface area contributed by atoms with Crippen LogP contribution in [0.3, 0.4) is 0 Å². The zero-order chi connectivity index (χ0) is 22.4. The van der Waals surface area contributed by atoms with Crippen LogP contribution < -0.4 is 4.90 Å². The molecule has 0 bridgehead atoms. The van der Waals surface area contributed by atoms with Crippen LogP contribution >= 0.6 is 0 Å². The Labute approximate surface area is 190 Å². The molecule has 10 heteroatoms. The lowest BCUT2D eigenvalue weighted by atomic mass is 10.00. The number of fused-ring (bicyclic) bond motifs is 2. The number of nitro groups is 1. The summed E-state index contributed by atoms with van der Waals surface area (Å²) < 4.78 is 0. The van der Waals surface area contributed by atoms with Crippen LogP contribution in [0.4, 0.5) is 11.5 Å². The first kappa shape index (κ1) is 20.1. The van der Waals surface area contributed by atoms with Crippen LogP contribution in [0, 0.1) is 10.1 Å². The van der Waals surface area contributed by atoms with Crippen LogP contribution in [0.15, 0.2) is 30.3 Å². The summed E-state index contributed by atoms with van der Waals surface area (Å²) in [5.74, 6) is 1.49. The molecule has 2 fully saturated rings. The largest absolute Gasteiger partial charge is 0.356 e. The van der Waals surface area contributed by atoms with Crippen molar-refractivity contribution in [3.63, 3.8) is 0 Å². The number of aromatic nitrogens is 5. The first-order valence-electron chi connectivity index (χ1n) is 11.6. The third-order valence-electron chi connectivity index (χ3n) is 7.01. The van der Waals surface area contributed by atoms with Crippen molar-refractivity contribution in [1.29, 1.82) is 0 Å². The molecule has 2 N–H and O–H groups in total. The second-order valence-electron chi connectivity index (χ2n) is 9.00. The third-order valence-corrected chi connectivity index (χ3v) is 7.01. The minimum atomic E-state index is -0.406. The van der Waals surface area contributed by atoms with Gasteiger partial charge in [-0.3, -0.25) is 15.2 Å². The van der Waals surface area contributed by atoms with E-state index in [-0.39, 0.29) is 5.69 Å². The van der Waals surface area contributed by atoms with Gasteiger partial charge < -0.3 is 14.8 Å². The summed E-state index contributed by atoms with van der Waals surface area (Å²) in [6, 6.07) is 9.38. The van der Waals surface area contributed by atoms with Crippen molar-refractivity contribution in [2.24, 2.45) is 0 Å². The fourth-order valence-electron chi connectivity index (χ4n) is 5.21. The molecule has 0 aliphatic carbocycles. The molecule has 0 amide bonds. The lowest BCUT2D eigenvalue weighted by Gasteiger charge is -2.40. The number of nitrogens with zero attached hydrogens (tertiary/aromatic N) is 6. The summed E-state index contributed by atoms with van der Waals surface area (Å²) in [4.78, 5) is 28.6. The second kappa shape index (κ2) is 8.11. The topological polar surface area (TPSA) is 120 Å². The van der Waals surface area contributed by atoms with Crippen LogP contribution in [-0.4, -0.2) is 67.2 Å². The SMILES string of the molecule is O=[N+]([O-])c1ccc2[nH]nc(-c3nc4nc(N5CCC(N6CCCCC6)CC5)ccc4[nH]3)c2c1.